The first kappa shape index (κ1) is 22.2. The number of unbranched alkanes of at least 4 members (excludes halogenated alkanes) is 1. The van der Waals surface area contributed by atoms with Gasteiger partial charge in [0.05, 0.1) is 12.1 Å². The number of rotatable bonds is 8. The first-order valence-electron chi connectivity index (χ1n) is 8.50. The molecule has 0 radical (unpaired) electrons. The zero-order valence-corrected chi connectivity index (χ0v) is 16.4. The highest BCUT2D eigenvalue weighted by molar-refractivity contribution is 6.31. The number of hydrogen-bond acceptors (Lipinski definition) is 3. The molecule has 7 heteroatoms. The fourth-order valence-electron chi connectivity index (χ4n) is 2.57. The van der Waals surface area contributed by atoms with Crippen molar-refractivity contribution in [3.63, 3.8) is 0 Å². The molecule has 0 fully saturated rings. The topological polar surface area (TPSA) is 77.1 Å². The normalized spacial score (nSPS) is 11.5. The highest BCUT2D eigenvalue weighted by atomic mass is 35.5. The molecule has 0 spiro atoms. The highest BCUT2D eigenvalue weighted by Gasteiger charge is 2.13. The summed E-state index contributed by atoms with van der Waals surface area (Å²) in [6.45, 7) is 2.81. The maximum Gasteiger partial charge on any atom is 0.253 e. The fourth-order valence-corrected chi connectivity index (χ4v) is 2.76. The summed E-state index contributed by atoms with van der Waals surface area (Å²) >= 11 is 6.16. The second-order valence-corrected chi connectivity index (χ2v) is 6.43. The van der Waals surface area contributed by atoms with Crippen LogP contribution in [0.1, 0.15) is 42.1 Å². The van der Waals surface area contributed by atoms with Crippen molar-refractivity contribution in [2.24, 2.45) is 5.73 Å². The number of hydrogen-bond donors (Lipinski definition) is 2. The number of pyridine rings is 1. The zero-order chi connectivity index (χ0) is 18.2. The average Bonchev–Trinajstić information content (AvgIpc) is 2.62. The summed E-state index contributed by atoms with van der Waals surface area (Å²) in [5.74, 6) is -0.223. The lowest BCUT2D eigenvalue weighted by atomic mass is 10.1. The maximum atomic E-state index is 12.5. The van der Waals surface area contributed by atoms with Gasteiger partial charge >= 0.3 is 0 Å². The van der Waals surface area contributed by atoms with Gasteiger partial charge in [-0.15, -0.1) is 12.4 Å². The Bertz CT molecular complexity index is 777. The van der Waals surface area contributed by atoms with E-state index in [1.54, 1.807) is 12.3 Å². The molecule has 2 rings (SSSR count). The first-order chi connectivity index (χ1) is 12.0. The standard InChI is InChI=1S/C19H24ClN3O2.ClH/c1-2-3-7-16(11-21)22-19(25)15-9-10-18(24)23(13-15)12-14-6-4-5-8-17(14)20;/h4-6,8-10,13,16H,2-3,7,11-12,21H2,1H3,(H,22,25);1H. The molecule has 3 N–H and O–H groups in total. The van der Waals surface area contributed by atoms with Gasteiger partial charge in [0.1, 0.15) is 0 Å². The number of halogens is 2. The van der Waals surface area contributed by atoms with Crippen molar-refractivity contribution in [1.82, 2.24) is 9.88 Å². The largest absolute Gasteiger partial charge is 0.348 e. The number of amides is 1. The lowest BCUT2D eigenvalue weighted by molar-refractivity contribution is 0.0935. The van der Waals surface area contributed by atoms with Crippen LogP contribution in [0.25, 0.3) is 0 Å². The molecule has 0 bridgehead atoms. The van der Waals surface area contributed by atoms with Crippen LogP contribution in [0.15, 0.2) is 47.4 Å². The molecule has 1 amide bonds. The summed E-state index contributed by atoms with van der Waals surface area (Å²) in [5.41, 5.74) is 6.80. The first-order valence-corrected chi connectivity index (χ1v) is 8.87. The zero-order valence-electron chi connectivity index (χ0n) is 14.8. The molecule has 0 aliphatic rings. The number of nitrogens with one attached hydrogen (secondary N) is 1. The Kier molecular flexibility index (Phi) is 9.41. The average molecular weight is 398 g/mol. The number of carbonyl (C=O) groups is 1. The number of aromatic nitrogens is 1. The van der Waals surface area contributed by atoms with E-state index in [-0.39, 0.29) is 29.9 Å². The van der Waals surface area contributed by atoms with E-state index < -0.39 is 0 Å². The molecular weight excluding hydrogens is 373 g/mol. The molecule has 5 nitrogen and oxygen atoms in total. The quantitative estimate of drug-likeness (QED) is 0.717. The Balaban J connectivity index is 0.00000338. The van der Waals surface area contributed by atoms with Gasteiger partial charge < -0.3 is 15.6 Å². The smallest absolute Gasteiger partial charge is 0.253 e. The Hall–Kier alpha value is -1.82. The van der Waals surface area contributed by atoms with Gasteiger partial charge in [0.25, 0.3) is 11.5 Å². The summed E-state index contributed by atoms with van der Waals surface area (Å²) in [5, 5.41) is 3.52. The Morgan fingerprint density at radius 1 is 1.27 bits per heavy atom. The Labute approximate surface area is 165 Å². The van der Waals surface area contributed by atoms with Crippen LogP contribution in [0.2, 0.25) is 5.02 Å². The van der Waals surface area contributed by atoms with Crippen LogP contribution in [0.5, 0.6) is 0 Å². The SMILES string of the molecule is CCCCC(CN)NC(=O)c1ccc(=O)n(Cc2ccccc2Cl)c1.Cl. The van der Waals surface area contributed by atoms with Crippen molar-refractivity contribution in [2.75, 3.05) is 6.54 Å². The molecule has 1 aromatic heterocycles. The van der Waals surface area contributed by atoms with Gasteiger partial charge in [-0.2, -0.15) is 0 Å². The molecule has 1 aromatic carbocycles. The molecule has 142 valence electrons. The molecule has 0 saturated heterocycles. The minimum atomic E-state index is -0.223. The second kappa shape index (κ2) is 11.0. The van der Waals surface area contributed by atoms with E-state index in [4.69, 9.17) is 17.3 Å². The van der Waals surface area contributed by atoms with E-state index in [1.165, 1.54) is 16.7 Å². The van der Waals surface area contributed by atoms with E-state index in [0.717, 1.165) is 24.8 Å². The molecule has 1 atom stereocenters. The molecule has 2 aromatic rings. The summed E-state index contributed by atoms with van der Waals surface area (Å²) < 4.78 is 1.49. The third kappa shape index (κ3) is 6.16. The summed E-state index contributed by atoms with van der Waals surface area (Å²) in [6, 6.07) is 10.2. The van der Waals surface area contributed by atoms with Crippen LogP contribution in [0.4, 0.5) is 0 Å². The van der Waals surface area contributed by atoms with Crippen molar-refractivity contribution >= 4 is 29.9 Å². The highest BCUT2D eigenvalue weighted by Crippen LogP contribution is 2.15. The molecule has 26 heavy (non-hydrogen) atoms. The Morgan fingerprint density at radius 2 is 2.00 bits per heavy atom. The van der Waals surface area contributed by atoms with Crippen molar-refractivity contribution in [3.8, 4) is 0 Å². The molecule has 0 aliphatic carbocycles. The van der Waals surface area contributed by atoms with Crippen LogP contribution in [-0.2, 0) is 6.54 Å². The van der Waals surface area contributed by atoms with Gasteiger partial charge in [-0.1, -0.05) is 49.6 Å². The van der Waals surface area contributed by atoms with Gasteiger partial charge in [0, 0.05) is 29.9 Å². The second-order valence-electron chi connectivity index (χ2n) is 6.02. The van der Waals surface area contributed by atoms with Gasteiger partial charge in [0.15, 0.2) is 0 Å². The van der Waals surface area contributed by atoms with Crippen LogP contribution < -0.4 is 16.6 Å². The number of nitrogens with zero attached hydrogens (tertiary/aromatic N) is 1. The summed E-state index contributed by atoms with van der Waals surface area (Å²) in [7, 11) is 0. The number of nitrogens with two attached hydrogens (primary N) is 1. The number of benzene rings is 1. The van der Waals surface area contributed by atoms with Gasteiger partial charge in [-0.05, 0) is 24.1 Å². The Morgan fingerprint density at radius 3 is 2.65 bits per heavy atom. The van der Waals surface area contributed by atoms with Crippen LogP contribution >= 0.6 is 24.0 Å². The van der Waals surface area contributed by atoms with Crippen LogP contribution in [0, 0.1) is 0 Å². The van der Waals surface area contributed by atoms with E-state index >= 15 is 0 Å². The monoisotopic (exact) mass is 397 g/mol. The van der Waals surface area contributed by atoms with E-state index in [9.17, 15) is 9.59 Å². The van der Waals surface area contributed by atoms with Crippen LogP contribution in [0.3, 0.4) is 0 Å². The van der Waals surface area contributed by atoms with Gasteiger partial charge in [-0.3, -0.25) is 9.59 Å². The maximum absolute atomic E-state index is 12.5. The van der Waals surface area contributed by atoms with Crippen molar-refractivity contribution < 1.29 is 4.79 Å². The minimum absolute atomic E-state index is 0. The van der Waals surface area contributed by atoms with E-state index in [1.807, 2.05) is 18.2 Å². The van der Waals surface area contributed by atoms with Gasteiger partial charge in [-0.25, -0.2) is 0 Å². The summed E-state index contributed by atoms with van der Waals surface area (Å²) in [6.07, 6.45) is 4.47. The lowest BCUT2D eigenvalue weighted by Gasteiger charge is -2.17. The predicted molar refractivity (Wildman–Crippen MR) is 108 cm³/mol. The number of carbonyl (C=O) groups excluding carboxylic acids is 1. The van der Waals surface area contributed by atoms with E-state index in [2.05, 4.69) is 12.2 Å². The van der Waals surface area contributed by atoms with Crippen LogP contribution in [-0.4, -0.2) is 23.1 Å². The molecule has 1 unspecified atom stereocenters. The lowest BCUT2D eigenvalue weighted by Crippen LogP contribution is -2.40. The third-order valence-electron chi connectivity index (χ3n) is 4.07. The molecule has 1 heterocycles. The predicted octanol–water partition coefficient (Wildman–Crippen LogP) is 3.22. The van der Waals surface area contributed by atoms with Gasteiger partial charge in [0.2, 0.25) is 0 Å². The molecule has 0 aliphatic heterocycles. The van der Waals surface area contributed by atoms with Crippen molar-refractivity contribution in [2.45, 2.75) is 38.8 Å². The fraction of sp³-hybridized carbons (Fsp3) is 0.368. The minimum Gasteiger partial charge on any atom is -0.348 e. The molecule has 0 saturated carbocycles. The van der Waals surface area contributed by atoms with Crippen molar-refractivity contribution in [1.29, 1.82) is 0 Å². The van der Waals surface area contributed by atoms with E-state index in [0.29, 0.717) is 23.7 Å². The van der Waals surface area contributed by atoms with Crippen molar-refractivity contribution in [3.05, 3.63) is 69.1 Å². The molecular formula is C19H25Cl2N3O2. The summed E-state index contributed by atoms with van der Waals surface area (Å²) in [4.78, 5) is 24.5. The third-order valence-corrected chi connectivity index (χ3v) is 4.44.